The summed E-state index contributed by atoms with van der Waals surface area (Å²) in [4.78, 5) is 22.1. The van der Waals surface area contributed by atoms with E-state index in [-0.39, 0.29) is 23.5 Å². The second-order valence-corrected chi connectivity index (χ2v) is 3.51. The molecule has 2 aliphatic rings. The van der Waals surface area contributed by atoms with E-state index < -0.39 is 0 Å². The number of piperidine rings is 1. The van der Waals surface area contributed by atoms with Gasteiger partial charge in [0.25, 0.3) is 0 Å². The lowest BCUT2D eigenvalue weighted by Gasteiger charge is -2.42. The van der Waals surface area contributed by atoms with E-state index in [2.05, 4.69) is 5.32 Å². The Kier molecular flexibility index (Phi) is 1.28. The fourth-order valence-corrected chi connectivity index (χ4v) is 1.82. The van der Waals surface area contributed by atoms with Crippen molar-refractivity contribution in [1.29, 1.82) is 0 Å². The third-order valence-corrected chi connectivity index (χ3v) is 2.85. The minimum absolute atomic E-state index is 0.104. The van der Waals surface area contributed by atoms with E-state index in [4.69, 9.17) is 0 Å². The van der Waals surface area contributed by atoms with E-state index in [1.807, 2.05) is 0 Å². The van der Waals surface area contributed by atoms with Crippen LogP contribution in [0.2, 0.25) is 0 Å². The highest BCUT2D eigenvalue weighted by Gasteiger charge is 2.46. The maximum absolute atomic E-state index is 11.3. The second kappa shape index (κ2) is 2.06. The van der Waals surface area contributed by atoms with Crippen LogP contribution in [-0.2, 0) is 9.59 Å². The molecule has 0 bridgehead atoms. The minimum Gasteiger partial charge on any atom is -0.355 e. The summed E-state index contributed by atoms with van der Waals surface area (Å²) in [6, 6.07) is 0. The van der Waals surface area contributed by atoms with Crippen LogP contribution in [0, 0.1) is 5.41 Å². The van der Waals surface area contributed by atoms with Gasteiger partial charge in [-0.2, -0.15) is 0 Å². The van der Waals surface area contributed by atoms with Crippen molar-refractivity contribution in [2.75, 3.05) is 6.54 Å². The highest BCUT2D eigenvalue weighted by molar-refractivity contribution is 6.03. The topological polar surface area (TPSA) is 46.2 Å². The van der Waals surface area contributed by atoms with Gasteiger partial charge < -0.3 is 5.32 Å². The van der Waals surface area contributed by atoms with Crippen LogP contribution in [0.4, 0.5) is 0 Å². The van der Waals surface area contributed by atoms with Crippen molar-refractivity contribution in [3.63, 3.8) is 0 Å². The maximum atomic E-state index is 11.3. The molecule has 3 nitrogen and oxygen atoms in total. The van der Waals surface area contributed by atoms with Crippen molar-refractivity contribution in [1.82, 2.24) is 5.32 Å². The molecule has 1 spiro atoms. The van der Waals surface area contributed by atoms with Crippen LogP contribution in [0.15, 0.2) is 0 Å². The Bertz CT molecular complexity index is 218. The fourth-order valence-electron chi connectivity index (χ4n) is 1.82. The summed E-state index contributed by atoms with van der Waals surface area (Å²) in [6.45, 7) is 0.588. The van der Waals surface area contributed by atoms with Crippen molar-refractivity contribution in [2.45, 2.75) is 25.7 Å². The fraction of sp³-hybridized carbons (Fsp3) is 0.750. The first-order valence-corrected chi connectivity index (χ1v) is 4.03. The molecular formula is C8H11NO2. The quantitative estimate of drug-likeness (QED) is 0.507. The molecule has 2 fully saturated rings. The smallest absolute Gasteiger partial charge is 0.227 e. The van der Waals surface area contributed by atoms with Crippen LogP contribution in [0.25, 0.3) is 0 Å². The van der Waals surface area contributed by atoms with Crippen LogP contribution < -0.4 is 5.32 Å². The zero-order chi connectivity index (χ0) is 7.90. The Labute approximate surface area is 65.2 Å². The number of rotatable bonds is 0. The second-order valence-electron chi connectivity index (χ2n) is 3.51. The SMILES string of the molecule is O=C1CC(=O)C2(CCC2)CN1. The molecule has 1 amide bonds. The van der Waals surface area contributed by atoms with Crippen LogP contribution in [0.1, 0.15) is 25.7 Å². The first-order valence-electron chi connectivity index (χ1n) is 4.03. The van der Waals surface area contributed by atoms with E-state index in [1.54, 1.807) is 0 Å². The zero-order valence-corrected chi connectivity index (χ0v) is 6.35. The normalized spacial score (nSPS) is 28.0. The molecule has 1 saturated carbocycles. The molecule has 1 N–H and O–H groups in total. The molecule has 11 heavy (non-hydrogen) atoms. The minimum atomic E-state index is -0.131. The molecule has 3 heteroatoms. The highest BCUT2D eigenvalue weighted by Crippen LogP contribution is 2.43. The molecule has 0 unspecified atom stereocenters. The van der Waals surface area contributed by atoms with E-state index in [0.29, 0.717) is 6.54 Å². The van der Waals surface area contributed by atoms with Gasteiger partial charge in [-0.05, 0) is 12.8 Å². The van der Waals surface area contributed by atoms with Gasteiger partial charge in [0, 0.05) is 12.0 Å². The number of hydrogen-bond acceptors (Lipinski definition) is 2. The van der Waals surface area contributed by atoms with Crippen molar-refractivity contribution in [3.8, 4) is 0 Å². The summed E-state index contributed by atoms with van der Waals surface area (Å²) < 4.78 is 0. The Morgan fingerprint density at radius 2 is 2.00 bits per heavy atom. The third-order valence-electron chi connectivity index (χ3n) is 2.85. The van der Waals surface area contributed by atoms with Gasteiger partial charge in [-0.15, -0.1) is 0 Å². The summed E-state index contributed by atoms with van der Waals surface area (Å²) in [5.41, 5.74) is -0.131. The standard InChI is InChI=1S/C8H11NO2/c10-6-4-7(11)9-5-8(6)2-1-3-8/h1-5H2,(H,9,11). The van der Waals surface area contributed by atoms with Crippen LogP contribution >= 0.6 is 0 Å². The number of nitrogens with one attached hydrogen (secondary N) is 1. The van der Waals surface area contributed by atoms with E-state index in [9.17, 15) is 9.59 Å². The summed E-state index contributed by atoms with van der Waals surface area (Å²) >= 11 is 0. The first kappa shape index (κ1) is 6.83. The summed E-state index contributed by atoms with van der Waals surface area (Å²) in [7, 11) is 0. The van der Waals surface area contributed by atoms with Gasteiger partial charge >= 0.3 is 0 Å². The zero-order valence-electron chi connectivity index (χ0n) is 6.35. The number of carbonyl (C=O) groups excluding carboxylic acids is 2. The van der Waals surface area contributed by atoms with Crippen molar-refractivity contribution in [2.24, 2.45) is 5.41 Å². The predicted molar refractivity (Wildman–Crippen MR) is 38.9 cm³/mol. The average molecular weight is 153 g/mol. The molecule has 1 saturated heterocycles. The highest BCUT2D eigenvalue weighted by atomic mass is 16.2. The molecule has 1 heterocycles. The van der Waals surface area contributed by atoms with Gasteiger partial charge in [0.1, 0.15) is 5.78 Å². The molecule has 0 atom stereocenters. The predicted octanol–water partition coefficient (Wildman–Crippen LogP) is 0.246. The van der Waals surface area contributed by atoms with Gasteiger partial charge in [-0.3, -0.25) is 9.59 Å². The molecule has 0 aromatic rings. The van der Waals surface area contributed by atoms with Gasteiger partial charge in [-0.1, -0.05) is 6.42 Å². The molecule has 2 rings (SSSR count). The maximum Gasteiger partial charge on any atom is 0.227 e. The third kappa shape index (κ3) is 0.870. The van der Waals surface area contributed by atoms with Crippen molar-refractivity contribution >= 4 is 11.7 Å². The molecule has 0 radical (unpaired) electrons. The van der Waals surface area contributed by atoms with Crippen LogP contribution in [0.5, 0.6) is 0 Å². The largest absolute Gasteiger partial charge is 0.355 e. The van der Waals surface area contributed by atoms with Gasteiger partial charge in [0.15, 0.2) is 0 Å². The summed E-state index contributed by atoms with van der Waals surface area (Å²) in [5, 5.41) is 2.75. The number of ketones is 1. The van der Waals surface area contributed by atoms with Crippen LogP contribution in [0.3, 0.4) is 0 Å². The molecular weight excluding hydrogens is 142 g/mol. The van der Waals surface area contributed by atoms with Gasteiger partial charge in [0.05, 0.1) is 6.42 Å². The Morgan fingerprint density at radius 1 is 1.27 bits per heavy atom. The lowest BCUT2D eigenvalue weighted by atomic mass is 9.64. The number of Topliss-reactive ketones (excluding diaryl/α,β-unsaturated/α-hetero) is 1. The van der Waals surface area contributed by atoms with E-state index in [1.165, 1.54) is 0 Å². The summed E-state index contributed by atoms with van der Waals surface area (Å²) in [6.07, 6.45) is 3.21. The van der Waals surface area contributed by atoms with Crippen molar-refractivity contribution in [3.05, 3.63) is 0 Å². The van der Waals surface area contributed by atoms with Crippen molar-refractivity contribution < 1.29 is 9.59 Å². The molecule has 1 aliphatic carbocycles. The Morgan fingerprint density at radius 3 is 2.45 bits per heavy atom. The lowest BCUT2D eigenvalue weighted by molar-refractivity contribution is -0.142. The van der Waals surface area contributed by atoms with E-state index in [0.717, 1.165) is 19.3 Å². The Hall–Kier alpha value is -0.860. The molecule has 1 aliphatic heterocycles. The van der Waals surface area contributed by atoms with E-state index >= 15 is 0 Å². The van der Waals surface area contributed by atoms with Gasteiger partial charge in [-0.25, -0.2) is 0 Å². The number of hydrogen-bond donors (Lipinski definition) is 1. The van der Waals surface area contributed by atoms with Crippen LogP contribution in [-0.4, -0.2) is 18.2 Å². The molecule has 0 aromatic carbocycles. The number of carbonyl (C=O) groups is 2. The molecule has 0 aromatic heterocycles. The first-order chi connectivity index (χ1) is 5.23. The Balaban J connectivity index is 2.13. The lowest BCUT2D eigenvalue weighted by Crippen LogP contribution is -2.53. The monoisotopic (exact) mass is 153 g/mol. The molecule has 60 valence electrons. The summed E-state index contributed by atoms with van der Waals surface area (Å²) in [5.74, 6) is 0.0556. The average Bonchev–Trinajstić information content (AvgIpc) is 1.84. The number of amides is 1. The van der Waals surface area contributed by atoms with Gasteiger partial charge in [0.2, 0.25) is 5.91 Å².